The molecule has 0 spiro atoms. The fraction of sp³-hybridized carbons (Fsp3) is 0.154. The molecule has 0 aliphatic rings. The number of carboxylic acids is 1. The van der Waals surface area contributed by atoms with Gasteiger partial charge < -0.3 is 9.84 Å². The Labute approximate surface area is 128 Å². The van der Waals surface area contributed by atoms with Gasteiger partial charge in [-0.15, -0.1) is 0 Å². The van der Waals surface area contributed by atoms with Crippen LogP contribution in [0, 0.1) is 0 Å². The lowest BCUT2D eigenvalue weighted by molar-refractivity contribution is -0.192. The van der Waals surface area contributed by atoms with Crippen LogP contribution in [0.2, 0.25) is 0 Å². The average molecular weight is 352 g/mol. The van der Waals surface area contributed by atoms with Gasteiger partial charge in [-0.25, -0.2) is 4.79 Å². The number of alkyl halides is 3. The van der Waals surface area contributed by atoms with Gasteiger partial charge >= 0.3 is 12.1 Å². The number of carboxylic acid groups (broad SMARTS) is 1. The molecule has 0 unspecified atom stereocenters. The molecule has 0 saturated heterocycles. The molecule has 6 nitrogen and oxygen atoms in total. The molecule has 0 saturated carbocycles. The zero-order valence-corrected chi connectivity index (χ0v) is 12.4. The fourth-order valence-electron chi connectivity index (χ4n) is 1.49. The summed E-state index contributed by atoms with van der Waals surface area (Å²) in [6, 6.07) is 9.73. The summed E-state index contributed by atoms with van der Waals surface area (Å²) in [7, 11) is -2.62. The number of hydrogen-bond acceptors (Lipinski definition) is 4. The Morgan fingerprint density at radius 1 is 1.09 bits per heavy atom. The predicted molar refractivity (Wildman–Crippen MR) is 74.0 cm³/mol. The lowest BCUT2D eigenvalue weighted by Crippen LogP contribution is -2.21. The third-order valence-corrected chi connectivity index (χ3v) is 3.41. The standard InChI is InChI=1S/C11H10O4S.C2HF3O2/c1-15-10-4-2-8-3-5-11(16(12,13)14)7-9(8)6-10;3-2(4,5)1(6)7/h2-7H,1H3,(H,12,13,14);(H,6,7). The van der Waals surface area contributed by atoms with Gasteiger partial charge in [-0.1, -0.05) is 12.1 Å². The highest BCUT2D eigenvalue weighted by Crippen LogP contribution is 2.23. The summed E-state index contributed by atoms with van der Waals surface area (Å²) in [6.07, 6.45) is -5.08. The molecule has 0 amide bonds. The molecule has 0 atom stereocenters. The van der Waals surface area contributed by atoms with Crippen LogP contribution in [0.15, 0.2) is 41.3 Å². The lowest BCUT2D eigenvalue weighted by atomic mass is 10.1. The Kier molecular flexibility index (Phi) is 5.56. The van der Waals surface area contributed by atoms with Gasteiger partial charge in [0.05, 0.1) is 12.0 Å². The number of fused-ring (bicyclic) bond motifs is 1. The molecule has 0 aliphatic heterocycles. The average Bonchev–Trinajstić information content (AvgIpc) is 2.44. The molecule has 2 rings (SSSR count). The quantitative estimate of drug-likeness (QED) is 0.806. The number of rotatable bonds is 2. The van der Waals surface area contributed by atoms with Gasteiger partial charge in [0.25, 0.3) is 10.1 Å². The minimum atomic E-state index is -5.08. The van der Waals surface area contributed by atoms with Gasteiger partial charge in [-0.05, 0) is 35.0 Å². The first-order chi connectivity index (χ1) is 10.4. The van der Waals surface area contributed by atoms with Crippen molar-refractivity contribution in [3.05, 3.63) is 36.4 Å². The molecule has 0 aromatic heterocycles. The van der Waals surface area contributed by atoms with Crippen LogP contribution in [-0.2, 0) is 14.9 Å². The van der Waals surface area contributed by atoms with Crippen molar-refractivity contribution < 1.29 is 40.8 Å². The van der Waals surface area contributed by atoms with Crippen LogP contribution < -0.4 is 4.74 Å². The third-order valence-electron chi connectivity index (χ3n) is 2.56. The molecule has 0 radical (unpaired) electrons. The van der Waals surface area contributed by atoms with Crippen molar-refractivity contribution in [3.8, 4) is 5.75 Å². The van der Waals surface area contributed by atoms with Gasteiger partial charge in [-0.2, -0.15) is 21.6 Å². The smallest absolute Gasteiger partial charge is 0.490 e. The van der Waals surface area contributed by atoms with E-state index < -0.39 is 22.3 Å². The van der Waals surface area contributed by atoms with Gasteiger partial charge in [0.1, 0.15) is 5.75 Å². The minimum Gasteiger partial charge on any atom is -0.497 e. The van der Waals surface area contributed by atoms with Crippen LogP contribution in [0.5, 0.6) is 5.75 Å². The Hall–Kier alpha value is -2.33. The van der Waals surface area contributed by atoms with Crippen molar-refractivity contribution in [1.29, 1.82) is 0 Å². The molecule has 2 N–H and O–H groups in total. The van der Waals surface area contributed by atoms with Gasteiger partial charge in [0, 0.05) is 0 Å². The van der Waals surface area contributed by atoms with E-state index in [1.165, 1.54) is 19.2 Å². The van der Waals surface area contributed by atoms with E-state index in [9.17, 15) is 21.6 Å². The summed E-state index contributed by atoms with van der Waals surface area (Å²) in [5.41, 5.74) is 0. The Morgan fingerprint density at radius 2 is 1.61 bits per heavy atom. The van der Waals surface area contributed by atoms with E-state index in [1.54, 1.807) is 18.2 Å². The SMILES string of the molecule is COc1ccc2ccc(S(=O)(=O)O)cc2c1.O=C(O)C(F)(F)F. The zero-order chi connectivity index (χ0) is 17.8. The van der Waals surface area contributed by atoms with E-state index in [0.29, 0.717) is 11.1 Å². The summed E-state index contributed by atoms with van der Waals surface area (Å²) >= 11 is 0. The van der Waals surface area contributed by atoms with E-state index in [-0.39, 0.29) is 4.90 Å². The Balaban J connectivity index is 0.000000322. The van der Waals surface area contributed by atoms with E-state index in [4.69, 9.17) is 19.2 Å². The van der Waals surface area contributed by atoms with Gasteiger partial charge in [0.2, 0.25) is 0 Å². The summed E-state index contributed by atoms with van der Waals surface area (Å²) in [6.45, 7) is 0. The fourth-order valence-corrected chi connectivity index (χ4v) is 2.01. The van der Waals surface area contributed by atoms with E-state index in [0.717, 1.165) is 5.39 Å². The molecule has 10 heteroatoms. The molecule has 0 bridgehead atoms. The number of methoxy groups -OCH3 is 1. The number of hydrogen-bond donors (Lipinski definition) is 2. The van der Waals surface area contributed by atoms with Crippen LogP contribution in [0.4, 0.5) is 13.2 Å². The maximum Gasteiger partial charge on any atom is 0.490 e. The van der Waals surface area contributed by atoms with Crippen LogP contribution in [0.3, 0.4) is 0 Å². The topological polar surface area (TPSA) is 101 Å². The summed E-state index contributed by atoms with van der Waals surface area (Å²) < 4.78 is 67.6. The highest BCUT2D eigenvalue weighted by atomic mass is 32.2. The van der Waals surface area contributed by atoms with E-state index in [1.807, 2.05) is 6.07 Å². The highest BCUT2D eigenvalue weighted by molar-refractivity contribution is 7.85. The van der Waals surface area contributed by atoms with Crippen molar-refractivity contribution >= 4 is 26.9 Å². The molecule has 0 fully saturated rings. The van der Waals surface area contributed by atoms with Crippen molar-refractivity contribution in [2.75, 3.05) is 7.11 Å². The summed E-state index contributed by atoms with van der Waals surface area (Å²) in [5.74, 6) is -2.12. The first kappa shape index (κ1) is 18.7. The van der Waals surface area contributed by atoms with Crippen molar-refractivity contribution in [2.45, 2.75) is 11.1 Å². The van der Waals surface area contributed by atoms with E-state index >= 15 is 0 Å². The molecule has 2 aromatic rings. The maximum atomic E-state index is 11.0. The monoisotopic (exact) mass is 352 g/mol. The second kappa shape index (κ2) is 6.84. The summed E-state index contributed by atoms with van der Waals surface area (Å²) in [4.78, 5) is 8.78. The van der Waals surface area contributed by atoms with Crippen LogP contribution in [-0.4, -0.2) is 37.3 Å². The molecule has 2 aromatic carbocycles. The molecular formula is C13H11F3O6S. The lowest BCUT2D eigenvalue weighted by Gasteiger charge is -2.03. The molecule has 126 valence electrons. The Morgan fingerprint density at radius 3 is 2.04 bits per heavy atom. The Bertz CT molecular complexity index is 814. The van der Waals surface area contributed by atoms with Gasteiger partial charge in [-0.3, -0.25) is 4.55 Å². The first-order valence-electron chi connectivity index (χ1n) is 5.80. The maximum absolute atomic E-state index is 11.0. The molecule has 0 heterocycles. The molecular weight excluding hydrogens is 341 g/mol. The number of halogens is 3. The minimum absolute atomic E-state index is 0.117. The second-order valence-electron chi connectivity index (χ2n) is 4.15. The molecule has 0 aliphatic carbocycles. The largest absolute Gasteiger partial charge is 0.497 e. The zero-order valence-electron chi connectivity index (χ0n) is 11.5. The number of aliphatic carboxylic acids is 1. The van der Waals surface area contributed by atoms with Crippen molar-refractivity contribution in [1.82, 2.24) is 0 Å². The first-order valence-corrected chi connectivity index (χ1v) is 7.24. The number of ether oxygens (including phenoxy) is 1. The van der Waals surface area contributed by atoms with Crippen LogP contribution >= 0.6 is 0 Å². The predicted octanol–water partition coefficient (Wildman–Crippen LogP) is 2.73. The third kappa shape index (κ3) is 5.42. The second-order valence-corrected chi connectivity index (χ2v) is 5.57. The van der Waals surface area contributed by atoms with Crippen molar-refractivity contribution in [2.24, 2.45) is 0 Å². The van der Waals surface area contributed by atoms with E-state index in [2.05, 4.69) is 0 Å². The number of carbonyl (C=O) groups is 1. The van der Waals surface area contributed by atoms with Crippen LogP contribution in [0.25, 0.3) is 10.8 Å². The van der Waals surface area contributed by atoms with Gasteiger partial charge in [0.15, 0.2) is 0 Å². The van der Waals surface area contributed by atoms with Crippen molar-refractivity contribution in [3.63, 3.8) is 0 Å². The highest BCUT2D eigenvalue weighted by Gasteiger charge is 2.38. The number of benzene rings is 2. The molecule has 23 heavy (non-hydrogen) atoms. The summed E-state index contributed by atoms with van der Waals surface area (Å²) in [5, 5.41) is 8.71. The normalized spacial score (nSPS) is 11.5. The van der Waals surface area contributed by atoms with Crippen LogP contribution in [0.1, 0.15) is 0 Å².